The number of ether oxygens (including phenoxy) is 1. The molecule has 0 unspecified atom stereocenters. The van der Waals surface area contributed by atoms with Crippen LogP contribution in [0.4, 0.5) is 39.5 Å². The number of nitrogens with zero attached hydrogens (tertiary/aromatic N) is 2. The molecule has 1 aromatic heterocycles. The van der Waals surface area contributed by atoms with Crippen molar-refractivity contribution in [2.75, 3.05) is 0 Å². The summed E-state index contributed by atoms with van der Waals surface area (Å²) in [6.07, 6.45) is -16.8. The summed E-state index contributed by atoms with van der Waals surface area (Å²) in [7, 11) is 0. The molecule has 0 saturated carbocycles. The molecule has 1 radical (unpaired) electrons. The quantitative estimate of drug-likeness (QED) is 0.105. The molecule has 0 spiro atoms. The van der Waals surface area contributed by atoms with Gasteiger partial charge in [0, 0.05) is 31.2 Å². The zero-order chi connectivity index (χ0) is 28.2. The summed E-state index contributed by atoms with van der Waals surface area (Å²) in [6, 6.07) is 18.6. The molecule has 0 fully saturated rings. The van der Waals surface area contributed by atoms with E-state index in [1.165, 1.54) is 6.07 Å². The smallest absolute Gasteiger partial charge is 0.420 e. The first-order valence-electron chi connectivity index (χ1n) is 11.0. The zero-order valence-corrected chi connectivity index (χ0v) is 21.9. The molecule has 0 amide bonds. The summed E-state index contributed by atoms with van der Waals surface area (Å²) >= 11 is 0. The van der Waals surface area contributed by atoms with Gasteiger partial charge in [0.05, 0.1) is 16.7 Å². The first kappa shape index (κ1) is 29.3. The van der Waals surface area contributed by atoms with Crippen molar-refractivity contribution in [1.29, 1.82) is 0 Å². The molecule has 0 aliphatic rings. The number of hydrogen-bond acceptors (Lipinski definition) is 3. The summed E-state index contributed by atoms with van der Waals surface area (Å²) in [5.74, 6) is -2.14. The molecule has 0 atom stereocenters. The van der Waals surface area contributed by atoms with Gasteiger partial charge in [-0.1, -0.05) is 30.3 Å². The maximum atomic E-state index is 13.8. The summed E-state index contributed by atoms with van der Waals surface area (Å²) in [5.41, 5.74) is -6.17. The van der Waals surface area contributed by atoms with Gasteiger partial charge in [-0.05, 0) is 34.4 Å². The topological polar surface area (TPSA) is 35.0 Å². The minimum atomic E-state index is -5.72. The van der Waals surface area contributed by atoms with E-state index in [1.807, 2.05) is 0 Å². The van der Waals surface area contributed by atoms with Gasteiger partial charge in [-0.2, -0.15) is 44.6 Å². The first-order valence-corrected chi connectivity index (χ1v) is 11.0. The predicted molar refractivity (Wildman–Crippen MR) is 123 cm³/mol. The van der Waals surface area contributed by atoms with Crippen molar-refractivity contribution in [3.8, 4) is 22.9 Å². The van der Waals surface area contributed by atoms with Gasteiger partial charge < -0.3 is 4.74 Å². The Balaban J connectivity index is 0.00000370. The van der Waals surface area contributed by atoms with E-state index in [9.17, 15) is 39.5 Å². The fourth-order valence-corrected chi connectivity index (χ4v) is 4.09. The summed E-state index contributed by atoms with van der Waals surface area (Å²) in [6.45, 7) is 0. The monoisotopic (exact) mass is 744 g/mol. The van der Waals surface area contributed by atoms with Crippen molar-refractivity contribution in [3.63, 3.8) is 0 Å². The van der Waals surface area contributed by atoms with Crippen LogP contribution < -0.4 is 4.74 Å². The van der Waals surface area contributed by atoms with Gasteiger partial charge in [0.1, 0.15) is 5.75 Å². The van der Waals surface area contributed by atoms with Crippen LogP contribution in [0.5, 0.6) is 11.6 Å². The normalized spacial score (nSPS) is 12.4. The van der Waals surface area contributed by atoms with Crippen molar-refractivity contribution < 1.29 is 64.4 Å². The van der Waals surface area contributed by atoms with Crippen molar-refractivity contribution in [1.82, 2.24) is 10.2 Å². The van der Waals surface area contributed by atoms with Gasteiger partial charge >= 0.3 is 18.5 Å². The van der Waals surface area contributed by atoms with E-state index in [1.54, 1.807) is 54.6 Å². The largest absolute Gasteiger partial charge is 0.436 e. The molecular formula is C27H12F9IrN2O-. The molecule has 0 N–H and O–H groups in total. The van der Waals surface area contributed by atoms with E-state index in [0.717, 1.165) is 0 Å². The second kappa shape index (κ2) is 10.4. The van der Waals surface area contributed by atoms with E-state index in [-0.39, 0.29) is 37.3 Å². The minimum Gasteiger partial charge on any atom is -0.436 e. The molecule has 0 saturated heterocycles. The Labute approximate surface area is 232 Å². The van der Waals surface area contributed by atoms with E-state index >= 15 is 0 Å². The van der Waals surface area contributed by atoms with Crippen LogP contribution >= 0.6 is 0 Å². The molecule has 1 heterocycles. The maximum absolute atomic E-state index is 13.8. The molecule has 40 heavy (non-hydrogen) atoms. The second-order valence-corrected chi connectivity index (χ2v) is 8.36. The van der Waals surface area contributed by atoms with Crippen LogP contribution in [-0.2, 0) is 38.6 Å². The Morgan fingerprint density at radius 1 is 0.600 bits per heavy atom. The molecule has 3 nitrogen and oxygen atoms in total. The molecule has 0 aliphatic heterocycles. The Kier molecular flexibility index (Phi) is 7.59. The van der Waals surface area contributed by atoms with Gasteiger partial charge in [-0.15, -0.1) is 41.0 Å². The molecule has 13 heteroatoms. The molecule has 5 rings (SSSR count). The maximum Gasteiger partial charge on any atom is 0.420 e. The van der Waals surface area contributed by atoms with Crippen LogP contribution in [0.2, 0.25) is 0 Å². The number of rotatable bonds is 3. The van der Waals surface area contributed by atoms with Crippen molar-refractivity contribution in [2.24, 2.45) is 0 Å². The first-order chi connectivity index (χ1) is 18.2. The van der Waals surface area contributed by atoms with Gasteiger partial charge in [0.15, 0.2) is 0 Å². The summed E-state index contributed by atoms with van der Waals surface area (Å²) in [4.78, 5) is 0. The average Bonchev–Trinajstić information content (AvgIpc) is 2.86. The second-order valence-electron chi connectivity index (χ2n) is 8.36. The van der Waals surface area contributed by atoms with Crippen LogP contribution in [-0.4, -0.2) is 10.2 Å². The molecular weight excluding hydrogens is 732 g/mol. The van der Waals surface area contributed by atoms with Gasteiger partial charge in [-0.25, -0.2) is 0 Å². The number of alkyl halides is 9. The average molecular weight is 744 g/mol. The molecule has 5 aromatic rings. The minimum absolute atomic E-state index is 0. The SMILES string of the molecule is FC(F)(F)c1cc(C(F)(F)F)c(C(F)(F)F)cc1Oc1nnc(-c2[c-]cccc2)c2cc3ccccc3cc12.[Ir]. The Morgan fingerprint density at radius 2 is 1.15 bits per heavy atom. The van der Waals surface area contributed by atoms with Crippen LogP contribution in [0.3, 0.4) is 0 Å². The van der Waals surface area contributed by atoms with Crippen LogP contribution in [0, 0.1) is 6.07 Å². The Hall–Kier alpha value is -3.70. The standard InChI is InChI=1S/C27H12F9N2O.Ir/c28-25(29,30)19-12-21(27(34,35)36)22(13-20(19)26(31,32)33)39-24-18-11-16-9-5-4-8-15(16)10-17(18)23(37-38-24)14-6-2-1-3-7-14;/h1-6,8-13H;/q-1;. The van der Waals surface area contributed by atoms with Crippen LogP contribution in [0.15, 0.2) is 72.8 Å². The fraction of sp³-hybridized carbons (Fsp3) is 0.111. The predicted octanol–water partition coefficient (Wildman–Crippen LogP) is 9.10. The molecule has 0 bridgehead atoms. The van der Waals surface area contributed by atoms with Crippen molar-refractivity contribution in [2.45, 2.75) is 18.5 Å². The Bertz CT molecular complexity index is 1700. The fourth-order valence-electron chi connectivity index (χ4n) is 4.09. The zero-order valence-electron chi connectivity index (χ0n) is 19.5. The molecule has 209 valence electrons. The van der Waals surface area contributed by atoms with E-state index in [4.69, 9.17) is 4.74 Å². The molecule has 0 aliphatic carbocycles. The van der Waals surface area contributed by atoms with E-state index < -0.39 is 52.9 Å². The number of benzene rings is 4. The van der Waals surface area contributed by atoms with E-state index in [2.05, 4.69) is 16.3 Å². The van der Waals surface area contributed by atoms with Crippen molar-refractivity contribution in [3.05, 3.63) is 95.6 Å². The molecule has 4 aromatic carbocycles. The van der Waals surface area contributed by atoms with Gasteiger partial charge in [0.2, 0.25) is 5.88 Å². The number of hydrogen-bond donors (Lipinski definition) is 0. The third-order valence-corrected chi connectivity index (χ3v) is 5.82. The van der Waals surface area contributed by atoms with Crippen LogP contribution in [0.25, 0.3) is 32.8 Å². The van der Waals surface area contributed by atoms with Gasteiger partial charge in [0.25, 0.3) is 0 Å². The number of fused-ring (bicyclic) bond motifs is 2. The summed E-state index contributed by atoms with van der Waals surface area (Å²) < 4.78 is 127. The third kappa shape index (κ3) is 5.62. The third-order valence-electron chi connectivity index (χ3n) is 5.82. The number of halogens is 9. The van der Waals surface area contributed by atoms with Gasteiger partial charge in [-0.3, -0.25) is 0 Å². The summed E-state index contributed by atoms with van der Waals surface area (Å²) in [5, 5.41) is 9.49. The van der Waals surface area contributed by atoms with Crippen molar-refractivity contribution >= 4 is 21.5 Å². The Morgan fingerprint density at radius 3 is 1.70 bits per heavy atom. The number of aromatic nitrogens is 2. The van der Waals surface area contributed by atoms with Crippen LogP contribution in [0.1, 0.15) is 16.7 Å². The van der Waals surface area contributed by atoms with E-state index in [0.29, 0.717) is 21.7 Å².